The minimum Gasteiger partial charge on any atom is -0.478 e. The number of rotatable bonds is 3. The molecule has 0 fully saturated rings. The Kier molecular flexibility index (Phi) is 4.93. The van der Waals surface area contributed by atoms with Crippen molar-refractivity contribution in [2.45, 2.75) is 6.92 Å². The molecule has 0 unspecified atom stereocenters. The predicted molar refractivity (Wildman–Crippen MR) is 53.4 cm³/mol. The average Bonchev–Trinajstić information content (AvgIpc) is 2.03. The van der Waals surface area contributed by atoms with Crippen molar-refractivity contribution >= 4 is 33.5 Å². The third-order valence-electron chi connectivity index (χ3n) is 1.12. The van der Waals surface area contributed by atoms with Crippen LogP contribution in [-0.4, -0.2) is 11.1 Å². The summed E-state index contributed by atoms with van der Waals surface area (Å²) in [6, 6.07) is 0. The summed E-state index contributed by atoms with van der Waals surface area (Å²) in [5, 5.41) is 8.83. The molecular formula is C8H8BrClO2. The van der Waals surface area contributed by atoms with Crippen LogP contribution in [-0.2, 0) is 4.79 Å². The molecule has 0 heterocycles. The zero-order valence-corrected chi connectivity index (χ0v) is 8.82. The molecule has 0 aliphatic carbocycles. The third kappa shape index (κ3) is 2.83. The fraction of sp³-hybridized carbons (Fsp3) is 0.125. The molecule has 2 nitrogen and oxygen atoms in total. The predicted octanol–water partition coefficient (Wildman–Crippen LogP) is 3.05. The first-order chi connectivity index (χ1) is 5.54. The molecule has 12 heavy (non-hydrogen) atoms. The van der Waals surface area contributed by atoms with Gasteiger partial charge in [0.05, 0.1) is 10.6 Å². The van der Waals surface area contributed by atoms with Gasteiger partial charge in [-0.15, -0.1) is 0 Å². The first kappa shape index (κ1) is 11.5. The van der Waals surface area contributed by atoms with Crippen LogP contribution in [0.25, 0.3) is 0 Å². The standard InChI is InChI=1S/C8H8BrClO2/c1-3-5(9)7(8(11)12)6(10)4-2/h3-4H,2H2,1H3,(H,11,12)/b5-3+,7-6-. The van der Waals surface area contributed by atoms with E-state index in [1.54, 1.807) is 13.0 Å². The van der Waals surface area contributed by atoms with Gasteiger partial charge in [0.2, 0.25) is 0 Å². The largest absolute Gasteiger partial charge is 0.478 e. The summed E-state index contributed by atoms with van der Waals surface area (Å²) >= 11 is 8.69. The van der Waals surface area contributed by atoms with Gasteiger partial charge in [0.15, 0.2) is 0 Å². The van der Waals surface area contributed by atoms with Crippen LogP contribution in [0.4, 0.5) is 0 Å². The number of allylic oxidation sites excluding steroid dienone is 3. The van der Waals surface area contributed by atoms with Crippen molar-refractivity contribution in [3.63, 3.8) is 0 Å². The normalized spacial score (nSPS) is 13.8. The maximum Gasteiger partial charge on any atom is 0.338 e. The summed E-state index contributed by atoms with van der Waals surface area (Å²) in [7, 11) is 0. The number of aliphatic carboxylic acids is 1. The molecule has 0 saturated carbocycles. The lowest BCUT2D eigenvalue weighted by atomic mass is 10.2. The van der Waals surface area contributed by atoms with Crippen LogP contribution in [0.1, 0.15) is 6.92 Å². The van der Waals surface area contributed by atoms with Gasteiger partial charge in [-0.05, 0) is 13.0 Å². The van der Waals surface area contributed by atoms with E-state index in [1.165, 1.54) is 6.08 Å². The van der Waals surface area contributed by atoms with Crippen LogP contribution in [0.5, 0.6) is 0 Å². The molecule has 0 amide bonds. The SMILES string of the molecule is C=C/C(Cl)=C(C(=O)O)\C(Br)=C/C. The van der Waals surface area contributed by atoms with Crippen molar-refractivity contribution in [1.29, 1.82) is 0 Å². The molecule has 1 N–H and O–H groups in total. The van der Waals surface area contributed by atoms with E-state index in [1.807, 2.05) is 0 Å². The fourth-order valence-electron chi connectivity index (χ4n) is 0.565. The topological polar surface area (TPSA) is 37.3 Å². The highest BCUT2D eigenvalue weighted by Gasteiger charge is 2.13. The first-order valence-electron chi connectivity index (χ1n) is 3.12. The van der Waals surface area contributed by atoms with Crippen LogP contribution < -0.4 is 0 Å². The van der Waals surface area contributed by atoms with E-state index in [9.17, 15) is 4.79 Å². The molecule has 0 bridgehead atoms. The Balaban J connectivity index is 5.19. The second-order valence-corrected chi connectivity index (χ2v) is 3.13. The van der Waals surface area contributed by atoms with E-state index in [-0.39, 0.29) is 10.6 Å². The Morgan fingerprint density at radius 1 is 1.67 bits per heavy atom. The van der Waals surface area contributed by atoms with Crippen molar-refractivity contribution in [2.75, 3.05) is 0 Å². The maximum absolute atomic E-state index is 10.6. The minimum atomic E-state index is -1.08. The van der Waals surface area contributed by atoms with Gasteiger partial charge in [-0.1, -0.05) is 40.2 Å². The molecule has 0 aromatic carbocycles. The smallest absolute Gasteiger partial charge is 0.338 e. The van der Waals surface area contributed by atoms with Crippen molar-refractivity contribution in [3.05, 3.63) is 33.8 Å². The van der Waals surface area contributed by atoms with Crippen molar-refractivity contribution in [3.8, 4) is 0 Å². The van der Waals surface area contributed by atoms with E-state index >= 15 is 0 Å². The highest BCUT2D eigenvalue weighted by Crippen LogP contribution is 2.23. The Labute approximate surface area is 84.4 Å². The van der Waals surface area contributed by atoms with Gasteiger partial charge in [0.1, 0.15) is 0 Å². The Morgan fingerprint density at radius 3 is 2.42 bits per heavy atom. The molecular weight excluding hydrogens is 243 g/mol. The maximum atomic E-state index is 10.6. The molecule has 0 saturated heterocycles. The van der Waals surface area contributed by atoms with Crippen molar-refractivity contribution in [2.24, 2.45) is 0 Å². The minimum absolute atomic E-state index is 0.0224. The number of carboxylic acids is 1. The average molecular weight is 252 g/mol. The van der Waals surface area contributed by atoms with Crippen LogP contribution in [0.3, 0.4) is 0 Å². The molecule has 0 radical (unpaired) electrons. The van der Waals surface area contributed by atoms with Crippen molar-refractivity contribution in [1.82, 2.24) is 0 Å². The van der Waals surface area contributed by atoms with Gasteiger partial charge in [-0.2, -0.15) is 0 Å². The van der Waals surface area contributed by atoms with Gasteiger partial charge in [-0.3, -0.25) is 0 Å². The van der Waals surface area contributed by atoms with E-state index in [4.69, 9.17) is 16.7 Å². The number of halogens is 2. The Bertz CT molecular complexity index is 266. The van der Waals surface area contributed by atoms with Crippen LogP contribution in [0.2, 0.25) is 0 Å². The monoisotopic (exact) mass is 250 g/mol. The van der Waals surface area contributed by atoms with E-state index < -0.39 is 5.97 Å². The molecule has 0 rings (SSSR count). The second kappa shape index (κ2) is 5.17. The Hall–Kier alpha value is -0.540. The number of carboxylic acid groups (broad SMARTS) is 1. The first-order valence-corrected chi connectivity index (χ1v) is 4.29. The lowest BCUT2D eigenvalue weighted by molar-refractivity contribution is -0.132. The van der Waals surface area contributed by atoms with Crippen LogP contribution in [0.15, 0.2) is 33.8 Å². The van der Waals surface area contributed by atoms with Crippen molar-refractivity contribution < 1.29 is 9.90 Å². The Morgan fingerprint density at radius 2 is 2.17 bits per heavy atom. The molecule has 0 aliphatic rings. The molecule has 0 spiro atoms. The second-order valence-electron chi connectivity index (χ2n) is 1.87. The molecule has 0 aromatic rings. The van der Waals surface area contributed by atoms with Gasteiger partial charge in [0, 0.05) is 4.48 Å². The van der Waals surface area contributed by atoms with Gasteiger partial charge < -0.3 is 5.11 Å². The highest BCUT2D eigenvalue weighted by molar-refractivity contribution is 9.12. The molecule has 66 valence electrons. The summed E-state index contributed by atoms with van der Waals surface area (Å²) in [6.07, 6.45) is 2.89. The summed E-state index contributed by atoms with van der Waals surface area (Å²) in [5.41, 5.74) is 0.0224. The molecule has 4 heteroatoms. The number of hydrogen-bond donors (Lipinski definition) is 1. The molecule has 0 aliphatic heterocycles. The summed E-state index contributed by atoms with van der Waals surface area (Å²) in [4.78, 5) is 10.6. The summed E-state index contributed by atoms with van der Waals surface area (Å²) < 4.78 is 0.444. The van der Waals surface area contributed by atoms with Gasteiger partial charge >= 0.3 is 5.97 Å². The third-order valence-corrected chi connectivity index (χ3v) is 2.32. The number of hydrogen-bond acceptors (Lipinski definition) is 1. The van der Waals surface area contributed by atoms with Crippen LogP contribution >= 0.6 is 27.5 Å². The molecule has 0 aromatic heterocycles. The zero-order valence-electron chi connectivity index (χ0n) is 6.47. The summed E-state index contributed by atoms with van der Waals surface area (Å²) in [5.74, 6) is -1.08. The molecule has 0 atom stereocenters. The lowest BCUT2D eigenvalue weighted by Crippen LogP contribution is -2.01. The lowest BCUT2D eigenvalue weighted by Gasteiger charge is -2.00. The fourth-order valence-corrected chi connectivity index (χ4v) is 1.24. The van der Waals surface area contributed by atoms with E-state index in [0.717, 1.165) is 0 Å². The zero-order chi connectivity index (χ0) is 9.72. The summed E-state index contributed by atoms with van der Waals surface area (Å²) in [6.45, 7) is 5.09. The highest BCUT2D eigenvalue weighted by atomic mass is 79.9. The van der Waals surface area contributed by atoms with Gasteiger partial charge in [0.25, 0.3) is 0 Å². The van der Waals surface area contributed by atoms with E-state index in [2.05, 4.69) is 22.5 Å². The van der Waals surface area contributed by atoms with Gasteiger partial charge in [-0.25, -0.2) is 4.79 Å². The van der Waals surface area contributed by atoms with Crippen LogP contribution in [0, 0.1) is 0 Å². The number of carbonyl (C=O) groups is 1. The quantitative estimate of drug-likeness (QED) is 0.618. The van der Waals surface area contributed by atoms with E-state index in [0.29, 0.717) is 4.48 Å².